The standard InChI is InChI=1S/C13H16F3N3O4/c14-13(15,16)9-1-4-19(18-9)7-10(20)17-8-12(11(21)22)2-5-23-6-3-12/h1,4H,2-3,5-8H2,(H,17,20)(H,21,22). The third-order valence-corrected chi connectivity index (χ3v) is 3.76. The van der Waals surface area contributed by atoms with Gasteiger partial charge in [0.1, 0.15) is 6.54 Å². The number of carboxylic acids is 1. The van der Waals surface area contributed by atoms with E-state index in [9.17, 15) is 27.9 Å². The number of nitrogens with zero attached hydrogens (tertiary/aromatic N) is 2. The summed E-state index contributed by atoms with van der Waals surface area (Å²) < 4.78 is 43.2. The first-order valence-corrected chi connectivity index (χ1v) is 6.91. The van der Waals surface area contributed by atoms with Crippen molar-refractivity contribution >= 4 is 11.9 Å². The van der Waals surface area contributed by atoms with E-state index in [1.165, 1.54) is 0 Å². The summed E-state index contributed by atoms with van der Waals surface area (Å²) in [6.07, 6.45) is -2.99. The maximum absolute atomic E-state index is 12.4. The summed E-state index contributed by atoms with van der Waals surface area (Å²) >= 11 is 0. The molecule has 0 radical (unpaired) electrons. The average Bonchev–Trinajstić information content (AvgIpc) is 2.94. The summed E-state index contributed by atoms with van der Waals surface area (Å²) in [6, 6.07) is 0.768. The Morgan fingerprint density at radius 2 is 2.04 bits per heavy atom. The molecule has 1 aromatic rings. The molecule has 128 valence electrons. The van der Waals surface area contributed by atoms with E-state index >= 15 is 0 Å². The lowest BCUT2D eigenvalue weighted by atomic mass is 9.80. The minimum Gasteiger partial charge on any atom is -0.481 e. The highest BCUT2D eigenvalue weighted by molar-refractivity contribution is 5.79. The minimum absolute atomic E-state index is 0.0993. The van der Waals surface area contributed by atoms with E-state index in [-0.39, 0.29) is 32.6 Å². The van der Waals surface area contributed by atoms with Gasteiger partial charge in [0, 0.05) is 26.0 Å². The van der Waals surface area contributed by atoms with Gasteiger partial charge in [0.2, 0.25) is 5.91 Å². The lowest BCUT2D eigenvalue weighted by Gasteiger charge is -2.33. The molecule has 2 heterocycles. The normalized spacial score (nSPS) is 17.7. The first kappa shape index (κ1) is 17.3. The molecule has 0 bridgehead atoms. The van der Waals surface area contributed by atoms with Crippen LogP contribution in [0.15, 0.2) is 12.3 Å². The van der Waals surface area contributed by atoms with Gasteiger partial charge in [-0.15, -0.1) is 0 Å². The second-order valence-electron chi connectivity index (χ2n) is 5.37. The average molecular weight is 335 g/mol. The number of nitrogens with one attached hydrogen (secondary N) is 1. The molecule has 1 fully saturated rings. The predicted molar refractivity (Wildman–Crippen MR) is 70.4 cm³/mol. The molecule has 0 aliphatic carbocycles. The predicted octanol–water partition coefficient (Wildman–Crippen LogP) is 0.899. The van der Waals surface area contributed by atoms with E-state index in [0.29, 0.717) is 0 Å². The number of hydrogen-bond acceptors (Lipinski definition) is 4. The number of rotatable bonds is 5. The van der Waals surface area contributed by atoms with Gasteiger partial charge in [0.15, 0.2) is 5.69 Å². The van der Waals surface area contributed by atoms with Gasteiger partial charge in [-0.25, -0.2) is 0 Å². The molecular weight excluding hydrogens is 319 g/mol. The van der Waals surface area contributed by atoms with Crippen molar-refractivity contribution < 1.29 is 32.6 Å². The molecule has 2 N–H and O–H groups in total. The zero-order chi connectivity index (χ0) is 17.1. The van der Waals surface area contributed by atoms with E-state index in [1.54, 1.807) is 0 Å². The maximum atomic E-state index is 12.4. The van der Waals surface area contributed by atoms with Crippen molar-refractivity contribution in [3.8, 4) is 0 Å². The SMILES string of the molecule is O=C(Cn1ccc(C(F)(F)F)n1)NCC1(C(=O)O)CCOCC1. The Labute approximate surface area is 129 Å². The van der Waals surface area contributed by atoms with E-state index < -0.39 is 35.7 Å². The van der Waals surface area contributed by atoms with E-state index in [2.05, 4.69) is 10.4 Å². The number of carboxylic acid groups (broad SMARTS) is 1. The van der Waals surface area contributed by atoms with Crippen molar-refractivity contribution in [2.45, 2.75) is 25.6 Å². The molecule has 1 saturated heterocycles. The Bertz CT molecular complexity index is 579. The van der Waals surface area contributed by atoms with Crippen molar-refractivity contribution in [2.75, 3.05) is 19.8 Å². The fourth-order valence-electron chi connectivity index (χ4n) is 2.30. The third kappa shape index (κ3) is 4.21. The molecule has 0 atom stereocenters. The number of hydrogen-bond donors (Lipinski definition) is 2. The van der Waals surface area contributed by atoms with Crippen molar-refractivity contribution in [1.82, 2.24) is 15.1 Å². The number of amides is 1. The van der Waals surface area contributed by atoms with Gasteiger partial charge >= 0.3 is 12.1 Å². The van der Waals surface area contributed by atoms with Gasteiger partial charge in [-0.05, 0) is 18.9 Å². The molecule has 1 aliphatic rings. The summed E-state index contributed by atoms with van der Waals surface area (Å²) in [5.41, 5.74) is -2.19. The van der Waals surface area contributed by atoms with Gasteiger partial charge in [-0.2, -0.15) is 18.3 Å². The largest absolute Gasteiger partial charge is 0.481 e. The fraction of sp³-hybridized carbons (Fsp3) is 0.615. The van der Waals surface area contributed by atoms with E-state index in [1.807, 2.05) is 0 Å². The lowest BCUT2D eigenvalue weighted by Crippen LogP contribution is -2.47. The second-order valence-corrected chi connectivity index (χ2v) is 5.37. The summed E-state index contributed by atoms with van der Waals surface area (Å²) in [5, 5.41) is 15.1. The molecule has 0 spiro atoms. The van der Waals surface area contributed by atoms with Crippen molar-refractivity contribution in [2.24, 2.45) is 5.41 Å². The molecular formula is C13H16F3N3O4. The molecule has 7 nitrogen and oxygen atoms in total. The van der Waals surface area contributed by atoms with Crippen molar-refractivity contribution in [1.29, 1.82) is 0 Å². The van der Waals surface area contributed by atoms with Crippen LogP contribution in [-0.2, 0) is 27.0 Å². The Morgan fingerprint density at radius 1 is 1.39 bits per heavy atom. The highest BCUT2D eigenvalue weighted by Crippen LogP contribution is 2.30. The van der Waals surface area contributed by atoms with Gasteiger partial charge in [0.05, 0.1) is 5.41 Å². The van der Waals surface area contributed by atoms with Crippen LogP contribution in [0.25, 0.3) is 0 Å². The number of aliphatic carboxylic acids is 1. The Kier molecular flexibility index (Phi) is 4.93. The van der Waals surface area contributed by atoms with Gasteiger partial charge < -0.3 is 15.2 Å². The summed E-state index contributed by atoms with van der Waals surface area (Å²) in [6.45, 7) is 0.0622. The summed E-state index contributed by atoms with van der Waals surface area (Å²) in [4.78, 5) is 23.2. The molecule has 1 amide bonds. The van der Waals surface area contributed by atoms with Crippen LogP contribution < -0.4 is 5.32 Å². The topological polar surface area (TPSA) is 93.5 Å². The highest BCUT2D eigenvalue weighted by atomic mass is 19.4. The highest BCUT2D eigenvalue weighted by Gasteiger charge is 2.40. The van der Waals surface area contributed by atoms with Crippen LogP contribution in [0.4, 0.5) is 13.2 Å². The lowest BCUT2D eigenvalue weighted by molar-refractivity contribution is -0.154. The smallest absolute Gasteiger partial charge is 0.435 e. The molecule has 0 saturated carbocycles. The number of carbonyl (C=O) groups excluding carboxylic acids is 1. The van der Waals surface area contributed by atoms with E-state index in [4.69, 9.17) is 4.74 Å². The van der Waals surface area contributed by atoms with Crippen molar-refractivity contribution in [3.63, 3.8) is 0 Å². The van der Waals surface area contributed by atoms with Gasteiger partial charge in [-0.3, -0.25) is 14.3 Å². The van der Waals surface area contributed by atoms with Crippen molar-refractivity contribution in [3.05, 3.63) is 18.0 Å². The van der Waals surface area contributed by atoms with Gasteiger partial charge in [-0.1, -0.05) is 0 Å². The summed E-state index contributed by atoms with van der Waals surface area (Å²) in [5.74, 6) is -1.63. The van der Waals surface area contributed by atoms with E-state index in [0.717, 1.165) is 16.9 Å². The molecule has 2 rings (SSSR count). The molecule has 0 aromatic carbocycles. The third-order valence-electron chi connectivity index (χ3n) is 3.76. The molecule has 10 heteroatoms. The summed E-state index contributed by atoms with van der Waals surface area (Å²) in [7, 11) is 0. The number of halogens is 3. The maximum Gasteiger partial charge on any atom is 0.435 e. The first-order valence-electron chi connectivity index (χ1n) is 6.91. The second kappa shape index (κ2) is 6.57. The van der Waals surface area contributed by atoms with Crippen LogP contribution in [0.2, 0.25) is 0 Å². The first-order chi connectivity index (χ1) is 10.7. The monoisotopic (exact) mass is 335 g/mol. The Balaban J connectivity index is 1.91. The Hall–Kier alpha value is -2.10. The number of carbonyl (C=O) groups is 2. The van der Waals surface area contributed by atoms with Crippen LogP contribution >= 0.6 is 0 Å². The molecule has 23 heavy (non-hydrogen) atoms. The van der Waals surface area contributed by atoms with Crippen LogP contribution in [0.1, 0.15) is 18.5 Å². The fourth-order valence-corrected chi connectivity index (χ4v) is 2.30. The van der Waals surface area contributed by atoms with Crippen LogP contribution in [-0.4, -0.2) is 46.5 Å². The number of aromatic nitrogens is 2. The molecule has 1 aliphatic heterocycles. The quantitative estimate of drug-likeness (QED) is 0.834. The molecule has 0 unspecified atom stereocenters. The minimum atomic E-state index is -4.57. The Morgan fingerprint density at radius 3 is 2.57 bits per heavy atom. The van der Waals surface area contributed by atoms with Crippen LogP contribution in [0.5, 0.6) is 0 Å². The number of ether oxygens (including phenoxy) is 1. The van der Waals surface area contributed by atoms with Crippen LogP contribution in [0, 0.1) is 5.41 Å². The zero-order valence-corrected chi connectivity index (χ0v) is 12.1. The van der Waals surface area contributed by atoms with Crippen LogP contribution in [0.3, 0.4) is 0 Å². The zero-order valence-electron chi connectivity index (χ0n) is 12.1. The number of alkyl halides is 3. The van der Waals surface area contributed by atoms with Gasteiger partial charge in [0.25, 0.3) is 0 Å². The molecule has 1 aromatic heterocycles.